The Labute approximate surface area is 149 Å². The van der Waals surface area contributed by atoms with Crippen molar-refractivity contribution in [3.8, 4) is 0 Å². The number of carbonyl (C=O) groups excluding carboxylic acids is 1. The number of rotatable bonds is 5. The molecule has 0 saturated heterocycles. The van der Waals surface area contributed by atoms with Gasteiger partial charge in [0.2, 0.25) is 15.9 Å². The van der Waals surface area contributed by atoms with Crippen molar-refractivity contribution in [2.24, 2.45) is 0 Å². The molecule has 0 radical (unpaired) electrons. The van der Waals surface area contributed by atoms with E-state index < -0.39 is 27.8 Å². The number of halogens is 1. The zero-order valence-corrected chi connectivity index (χ0v) is 14.8. The van der Waals surface area contributed by atoms with Crippen molar-refractivity contribution in [2.45, 2.75) is 13.0 Å². The van der Waals surface area contributed by atoms with Crippen LogP contribution in [0.3, 0.4) is 0 Å². The summed E-state index contributed by atoms with van der Waals surface area (Å²) in [6.45, 7) is 1.45. The summed E-state index contributed by atoms with van der Waals surface area (Å²) in [5.74, 6) is -1.11. The highest BCUT2D eigenvalue weighted by Crippen LogP contribution is 2.25. The lowest BCUT2D eigenvalue weighted by molar-refractivity contribution is -0.116. The van der Waals surface area contributed by atoms with Gasteiger partial charge in [-0.25, -0.2) is 12.8 Å². The quantitative estimate of drug-likeness (QED) is 0.738. The Morgan fingerprint density at radius 3 is 2.58 bits per heavy atom. The van der Waals surface area contributed by atoms with E-state index >= 15 is 0 Å². The van der Waals surface area contributed by atoms with Gasteiger partial charge in [0.25, 0.3) is 0 Å². The monoisotopic (exact) mass is 377 g/mol. The van der Waals surface area contributed by atoms with Crippen LogP contribution in [0.1, 0.15) is 6.92 Å². The Balaban J connectivity index is 1.91. The highest BCUT2D eigenvalue weighted by Gasteiger charge is 2.29. The number of nitrogens with one attached hydrogen (secondary N) is 1. The standard InChI is InChI=1S/C17H16FN3O4S/c1-11(21(26(2,23)24)13-6-4-3-5-7-13)17(22)19-16-14-10-12(18)8-9-15(14)25-20-16/h3-11H,1-2H3,(H,19,20,22). The van der Waals surface area contributed by atoms with Gasteiger partial charge in [-0.15, -0.1) is 0 Å². The second kappa shape index (κ2) is 6.75. The van der Waals surface area contributed by atoms with E-state index in [0.717, 1.165) is 10.6 Å². The molecule has 0 fully saturated rings. The number of nitrogens with zero attached hydrogens (tertiary/aromatic N) is 2. The highest BCUT2D eigenvalue weighted by atomic mass is 32.2. The number of para-hydroxylation sites is 1. The number of fused-ring (bicyclic) bond motifs is 1. The van der Waals surface area contributed by atoms with Crippen LogP contribution in [0.25, 0.3) is 11.0 Å². The Kier molecular flexibility index (Phi) is 4.64. The fraction of sp³-hybridized carbons (Fsp3) is 0.176. The fourth-order valence-corrected chi connectivity index (χ4v) is 3.78. The van der Waals surface area contributed by atoms with Gasteiger partial charge in [0, 0.05) is 0 Å². The van der Waals surface area contributed by atoms with Gasteiger partial charge >= 0.3 is 0 Å². The van der Waals surface area contributed by atoms with Gasteiger partial charge in [0.05, 0.1) is 17.3 Å². The Morgan fingerprint density at radius 2 is 1.92 bits per heavy atom. The normalized spacial score (nSPS) is 12.7. The molecule has 26 heavy (non-hydrogen) atoms. The van der Waals surface area contributed by atoms with Gasteiger partial charge in [-0.2, -0.15) is 0 Å². The summed E-state index contributed by atoms with van der Waals surface area (Å²) in [4.78, 5) is 12.6. The first-order valence-electron chi connectivity index (χ1n) is 7.67. The van der Waals surface area contributed by atoms with Crippen molar-refractivity contribution in [1.82, 2.24) is 5.16 Å². The number of benzene rings is 2. The number of amides is 1. The minimum atomic E-state index is -3.72. The van der Waals surface area contributed by atoms with Crippen LogP contribution in [0.15, 0.2) is 53.1 Å². The average Bonchev–Trinajstić information content (AvgIpc) is 2.96. The van der Waals surface area contributed by atoms with E-state index in [2.05, 4.69) is 10.5 Å². The number of carbonyl (C=O) groups is 1. The third-order valence-corrected chi connectivity index (χ3v) is 5.01. The van der Waals surface area contributed by atoms with E-state index in [-0.39, 0.29) is 11.2 Å². The lowest BCUT2D eigenvalue weighted by Crippen LogP contribution is -2.45. The molecule has 0 bridgehead atoms. The zero-order chi connectivity index (χ0) is 18.9. The van der Waals surface area contributed by atoms with Crippen LogP contribution < -0.4 is 9.62 Å². The molecule has 7 nitrogen and oxygen atoms in total. The van der Waals surface area contributed by atoms with Gasteiger partial charge in [-0.3, -0.25) is 9.10 Å². The summed E-state index contributed by atoms with van der Waals surface area (Å²) in [7, 11) is -3.72. The van der Waals surface area contributed by atoms with Crippen LogP contribution >= 0.6 is 0 Å². The molecule has 2 aromatic carbocycles. The van der Waals surface area contributed by atoms with Crippen LogP contribution in [-0.2, 0) is 14.8 Å². The number of anilines is 2. The van der Waals surface area contributed by atoms with E-state index in [1.807, 2.05) is 0 Å². The molecule has 0 saturated carbocycles. The summed E-state index contributed by atoms with van der Waals surface area (Å²) < 4.78 is 43.9. The highest BCUT2D eigenvalue weighted by molar-refractivity contribution is 7.92. The molecule has 1 unspecified atom stereocenters. The van der Waals surface area contributed by atoms with Crippen LogP contribution in [0.4, 0.5) is 15.9 Å². The molecule has 0 aliphatic heterocycles. The number of hydrogen-bond donors (Lipinski definition) is 1. The van der Waals surface area contributed by atoms with E-state index in [4.69, 9.17) is 4.52 Å². The van der Waals surface area contributed by atoms with Crippen LogP contribution in [0.2, 0.25) is 0 Å². The van der Waals surface area contributed by atoms with E-state index in [9.17, 15) is 17.6 Å². The molecule has 1 amide bonds. The molecule has 3 aromatic rings. The van der Waals surface area contributed by atoms with Crippen LogP contribution in [-0.4, -0.2) is 31.8 Å². The molecular formula is C17H16FN3O4S. The van der Waals surface area contributed by atoms with Crippen molar-refractivity contribution < 1.29 is 22.1 Å². The molecule has 1 N–H and O–H groups in total. The van der Waals surface area contributed by atoms with Crippen LogP contribution in [0.5, 0.6) is 0 Å². The second-order valence-corrected chi connectivity index (χ2v) is 7.59. The fourth-order valence-electron chi connectivity index (χ4n) is 2.61. The Hall–Kier alpha value is -2.94. The van der Waals surface area contributed by atoms with Gasteiger partial charge < -0.3 is 9.84 Å². The summed E-state index contributed by atoms with van der Waals surface area (Å²) >= 11 is 0. The maximum atomic E-state index is 13.4. The minimum absolute atomic E-state index is 0.0258. The van der Waals surface area contributed by atoms with Crippen LogP contribution in [0, 0.1) is 5.82 Å². The lowest BCUT2D eigenvalue weighted by Gasteiger charge is -2.27. The van der Waals surface area contributed by atoms with Gasteiger partial charge in [0.1, 0.15) is 11.9 Å². The second-order valence-electron chi connectivity index (χ2n) is 5.73. The maximum absolute atomic E-state index is 13.4. The van der Waals surface area contributed by atoms with Gasteiger partial charge in [-0.1, -0.05) is 23.4 Å². The van der Waals surface area contributed by atoms with Gasteiger partial charge in [-0.05, 0) is 37.3 Å². The smallest absolute Gasteiger partial charge is 0.249 e. The zero-order valence-electron chi connectivity index (χ0n) is 14.0. The van der Waals surface area contributed by atoms with Crippen molar-refractivity contribution in [1.29, 1.82) is 0 Å². The third kappa shape index (κ3) is 3.52. The summed E-state index contributed by atoms with van der Waals surface area (Å²) in [5.41, 5.74) is 0.658. The van der Waals surface area contributed by atoms with E-state index in [1.165, 1.54) is 25.1 Å². The van der Waals surface area contributed by atoms with E-state index in [1.54, 1.807) is 30.3 Å². The molecule has 3 rings (SSSR count). The summed E-state index contributed by atoms with van der Waals surface area (Å²) in [6.07, 6.45) is 1.02. The molecule has 1 aromatic heterocycles. The predicted octanol–water partition coefficient (Wildman–Crippen LogP) is 2.76. The molecule has 136 valence electrons. The number of sulfonamides is 1. The molecule has 1 atom stereocenters. The first-order chi connectivity index (χ1) is 12.3. The molecule has 0 aliphatic carbocycles. The Morgan fingerprint density at radius 1 is 1.23 bits per heavy atom. The minimum Gasteiger partial charge on any atom is -0.354 e. The molecule has 0 aliphatic rings. The van der Waals surface area contributed by atoms with Crippen molar-refractivity contribution in [3.05, 3.63) is 54.3 Å². The van der Waals surface area contributed by atoms with Crippen molar-refractivity contribution in [2.75, 3.05) is 15.9 Å². The molecule has 0 spiro atoms. The number of aromatic nitrogens is 1. The SMILES string of the molecule is CC(C(=O)Nc1noc2ccc(F)cc12)N(c1ccccc1)S(C)(=O)=O. The average molecular weight is 377 g/mol. The topological polar surface area (TPSA) is 92.5 Å². The number of hydrogen-bond acceptors (Lipinski definition) is 5. The van der Waals surface area contributed by atoms with Gasteiger partial charge in [0.15, 0.2) is 11.4 Å². The largest absolute Gasteiger partial charge is 0.354 e. The Bertz CT molecular complexity index is 1050. The first-order valence-corrected chi connectivity index (χ1v) is 9.52. The summed E-state index contributed by atoms with van der Waals surface area (Å²) in [6, 6.07) is 11.0. The molecule has 9 heteroatoms. The lowest BCUT2D eigenvalue weighted by atomic mass is 10.2. The predicted molar refractivity (Wildman–Crippen MR) is 95.8 cm³/mol. The van der Waals surface area contributed by atoms with E-state index in [0.29, 0.717) is 11.3 Å². The maximum Gasteiger partial charge on any atom is 0.249 e. The van der Waals surface area contributed by atoms with Crippen molar-refractivity contribution >= 4 is 38.4 Å². The third-order valence-electron chi connectivity index (χ3n) is 3.77. The first kappa shape index (κ1) is 17.9. The molecule has 1 heterocycles. The summed E-state index contributed by atoms with van der Waals surface area (Å²) in [5, 5.41) is 6.50. The van der Waals surface area contributed by atoms with Crippen molar-refractivity contribution in [3.63, 3.8) is 0 Å². The molecular weight excluding hydrogens is 361 g/mol.